The van der Waals surface area contributed by atoms with E-state index in [2.05, 4.69) is 26.3 Å². The first-order chi connectivity index (χ1) is 14.9. The fourth-order valence-electron chi connectivity index (χ4n) is 3.97. The second kappa shape index (κ2) is 7.94. The van der Waals surface area contributed by atoms with E-state index in [4.69, 9.17) is 15.7 Å². The van der Waals surface area contributed by atoms with Gasteiger partial charge in [0.15, 0.2) is 5.82 Å². The lowest BCUT2D eigenvalue weighted by Crippen LogP contribution is -2.40. The molecule has 8 nitrogen and oxygen atoms in total. The van der Waals surface area contributed by atoms with Crippen LogP contribution in [-0.4, -0.2) is 55.1 Å². The van der Waals surface area contributed by atoms with Gasteiger partial charge in [0, 0.05) is 49.7 Å². The molecule has 164 valence electrons. The van der Waals surface area contributed by atoms with Crippen LogP contribution in [0, 0.1) is 0 Å². The van der Waals surface area contributed by atoms with Crippen LogP contribution in [0.5, 0.6) is 0 Å². The van der Waals surface area contributed by atoms with Crippen LogP contribution in [0.1, 0.15) is 56.1 Å². The maximum atomic E-state index is 12.5. The SMILES string of the molecule is CC(C)(CN)Nc1nc(N2CC=C(c3ncc(C4CC4)cn3)CC2)nc2c1[S@](=O)CC2. The van der Waals surface area contributed by atoms with Crippen molar-refractivity contribution in [3.8, 4) is 0 Å². The lowest BCUT2D eigenvalue weighted by Gasteiger charge is -2.29. The molecule has 31 heavy (non-hydrogen) atoms. The minimum absolute atomic E-state index is 0.342. The summed E-state index contributed by atoms with van der Waals surface area (Å²) in [7, 11) is -1.07. The van der Waals surface area contributed by atoms with Crippen molar-refractivity contribution in [2.45, 2.75) is 55.9 Å². The number of aryl methyl sites for hydroxylation is 1. The molecule has 0 saturated heterocycles. The summed E-state index contributed by atoms with van der Waals surface area (Å²) in [5.74, 6) is 3.42. The number of nitrogens with one attached hydrogen (secondary N) is 1. The number of hydrogen-bond donors (Lipinski definition) is 2. The monoisotopic (exact) mass is 439 g/mol. The van der Waals surface area contributed by atoms with Crippen molar-refractivity contribution in [1.29, 1.82) is 0 Å². The van der Waals surface area contributed by atoms with Gasteiger partial charge in [-0.05, 0) is 50.2 Å². The predicted molar refractivity (Wildman–Crippen MR) is 123 cm³/mol. The first kappa shape index (κ1) is 20.5. The number of hydrogen-bond acceptors (Lipinski definition) is 8. The smallest absolute Gasteiger partial charge is 0.227 e. The lowest BCUT2D eigenvalue weighted by atomic mass is 10.1. The first-order valence-electron chi connectivity index (χ1n) is 11.0. The van der Waals surface area contributed by atoms with Crippen molar-refractivity contribution in [2.24, 2.45) is 5.73 Å². The van der Waals surface area contributed by atoms with Crippen LogP contribution in [0.3, 0.4) is 0 Å². The van der Waals surface area contributed by atoms with Crippen molar-refractivity contribution in [2.75, 3.05) is 35.6 Å². The van der Waals surface area contributed by atoms with Gasteiger partial charge in [-0.15, -0.1) is 0 Å². The topological polar surface area (TPSA) is 110 Å². The van der Waals surface area contributed by atoms with Crippen LogP contribution >= 0.6 is 0 Å². The minimum atomic E-state index is -1.07. The quantitative estimate of drug-likeness (QED) is 0.705. The largest absolute Gasteiger partial charge is 0.363 e. The number of aromatic nitrogens is 4. The average Bonchev–Trinajstić information content (AvgIpc) is 3.56. The average molecular weight is 440 g/mol. The minimum Gasteiger partial charge on any atom is -0.363 e. The third-order valence-corrected chi connectivity index (χ3v) is 7.60. The molecule has 1 aliphatic carbocycles. The van der Waals surface area contributed by atoms with Gasteiger partial charge in [-0.25, -0.2) is 15.0 Å². The maximum Gasteiger partial charge on any atom is 0.227 e. The molecule has 0 bridgehead atoms. The molecular formula is C22H29N7OS. The molecule has 0 amide bonds. The van der Waals surface area contributed by atoms with Gasteiger partial charge in [-0.3, -0.25) is 4.21 Å². The molecule has 2 aliphatic heterocycles. The normalized spacial score (nSPS) is 21.1. The van der Waals surface area contributed by atoms with Crippen LogP contribution in [0.15, 0.2) is 23.4 Å². The highest BCUT2D eigenvalue weighted by Crippen LogP contribution is 2.39. The molecule has 3 aliphatic rings. The number of fused-ring (bicyclic) bond motifs is 1. The Labute approximate surface area is 185 Å². The Morgan fingerprint density at radius 2 is 2.00 bits per heavy atom. The summed E-state index contributed by atoms with van der Waals surface area (Å²) >= 11 is 0. The zero-order valence-corrected chi connectivity index (χ0v) is 18.9. The number of rotatable bonds is 6. The van der Waals surface area contributed by atoms with Crippen LogP contribution in [-0.2, 0) is 17.2 Å². The summed E-state index contributed by atoms with van der Waals surface area (Å²) in [5.41, 5.74) is 8.87. The summed E-state index contributed by atoms with van der Waals surface area (Å²) in [4.78, 5) is 21.6. The van der Waals surface area contributed by atoms with Crippen molar-refractivity contribution in [1.82, 2.24) is 19.9 Å². The number of nitrogens with two attached hydrogens (primary N) is 1. The second-order valence-electron chi connectivity index (χ2n) is 9.20. The summed E-state index contributed by atoms with van der Waals surface area (Å²) in [6.45, 7) is 5.97. The summed E-state index contributed by atoms with van der Waals surface area (Å²) < 4.78 is 12.5. The van der Waals surface area contributed by atoms with E-state index in [1.54, 1.807) is 0 Å². The van der Waals surface area contributed by atoms with Crippen molar-refractivity contribution < 1.29 is 4.21 Å². The van der Waals surface area contributed by atoms with E-state index < -0.39 is 10.8 Å². The van der Waals surface area contributed by atoms with E-state index in [1.807, 2.05) is 26.2 Å². The van der Waals surface area contributed by atoms with E-state index >= 15 is 0 Å². The van der Waals surface area contributed by atoms with E-state index in [-0.39, 0.29) is 5.54 Å². The van der Waals surface area contributed by atoms with Crippen LogP contribution in [0.25, 0.3) is 5.57 Å². The molecule has 0 unspecified atom stereocenters. The Morgan fingerprint density at radius 3 is 2.65 bits per heavy atom. The highest BCUT2D eigenvalue weighted by molar-refractivity contribution is 7.85. The predicted octanol–water partition coefficient (Wildman–Crippen LogP) is 2.25. The molecule has 0 spiro atoms. The van der Waals surface area contributed by atoms with E-state index in [1.165, 1.54) is 24.0 Å². The Bertz CT molecular complexity index is 1050. The first-order valence-corrected chi connectivity index (χ1v) is 12.3. The zero-order chi connectivity index (χ0) is 21.6. The molecular weight excluding hydrogens is 410 g/mol. The van der Waals surface area contributed by atoms with Crippen LogP contribution in [0.2, 0.25) is 0 Å². The van der Waals surface area contributed by atoms with E-state index in [0.29, 0.717) is 42.9 Å². The fraction of sp³-hybridized carbons (Fsp3) is 0.545. The van der Waals surface area contributed by atoms with Gasteiger partial charge in [0.25, 0.3) is 0 Å². The van der Waals surface area contributed by atoms with Crippen molar-refractivity contribution in [3.05, 3.63) is 35.6 Å². The van der Waals surface area contributed by atoms with Gasteiger partial charge in [-0.2, -0.15) is 4.98 Å². The van der Waals surface area contributed by atoms with E-state index in [9.17, 15) is 4.21 Å². The molecule has 1 fully saturated rings. The molecule has 4 heterocycles. The third-order valence-electron chi connectivity index (χ3n) is 6.14. The van der Waals surface area contributed by atoms with Crippen LogP contribution in [0.4, 0.5) is 11.8 Å². The molecule has 2 aromatic rings. The van der Waals surface area contributed by atoms with E-state index in [0.717, 1.165) is 29.4 Å². The molecule has 2 aromatic heterocycles. The molecule has 1 atom stereocenters. The highest BCUT2D eigenvalue weighted by Gasteiger charge is 2.30. The molecule has 0 radical (unpaired) electrons. The van der Waals surface area contributed by atoms with Gasteiger partial charge in [0.1, 0.15) is 10.7 Å². The summed E-state index contributed by atoms with van der Waals surface area (Å²) in [6, 6.07) is 0. The maximum absolute atomic E-state index is 12.5. The summed E-state index contributed by atoms with van der Waals surface area (Å²) in [5, 5.41) is 3.40. The Balaban J connectivity index is 1.37. The number of anilines is 2. The molecule has 3 N–H and O–H groups in total. The Morgan fingerprint density at radius 1 is 1.23 bits per heavy atom. The van der Waals surface area contributed by atoms with Gasteiger partial charge >= 0.3 is 0 Å². The molecule has 5 rings (SSSR count). The Hall–Kier alpha value is -2.39. The summed E-state index contributed by atoms with van der Waals surface area (Å²) in [6.07, 6.45) is 10.2. The fourth-order valence-corrected chi connectivity index (χ4v) is 5.27. The van der Waals surface area contributed by atoms with Gasteiger partial charge < -0.3 is 16.0 Å². The lowest BCUT2D eigenvalue weighted by molar-refractivity contribution is 0.574. The van der Waals surface area contributed by atoms with Gasteiger partial charge in [-0.1, -0.05) is 6.08 Å². The molecule has 1 saturated carbocycles. The third kappa shape index (κ3) is 4.21. The van der Waals surface area contributed by atoms with Gasteiger partial charge in [0.2, 0.25) is 5.95 Å². The second-order valence-corrected chi connectivity index (χ2v) is 10.7. The highest BCUT2D eigenvalue weighted by atomic mass is 32.2. The molecule has 9 heteroatoms. The standard InChI is InChI=1S/C22H29N7OS/c1-22(2,13-23)28-20-18-17(7-10-31(18)30)26-21(27-20)29-8-5-15(6-9-29)19-24-11-16(12-25-19)14-3-4-14/h5,11-12,14H,3-4,6-10,13,23H2,1-2H3,(H,26,27,28)/t31-/m1/s1. The van der Waals surface area contributed by atoms with Gasteiger partial charge in [0.05, 0.1) is 16.5 Å². The number of nitrogens with zero attached hydrogens (tertiary/aromatic N) is 5. The van der Waals surface area contributed by atoms with Crippen molar-refractivity contribution >= 4 is 28.1 Å². The van der Waals surface area contributed by atoms with Crippen LogP contribution < -0.4 is 16.0 Å². The zero-order valence-electron chi connectivity index (χ0n) is 18.1. The molecule has 0 aromatic carbocycles. The van der Waals surface area contributed by atoms with Crippen molar-refractivity contribution in [3.63, 3.8) is 0 Å². The Kier molecular flexibility index (Phi) is 5.26.